The highest BCUT2D eigenvalue weighted by Gasteiger charge is 2.30. The molecule has 0 aromatic rings. The molecule has 13 heavy (non-hydrogen) atoms. The molecule has 0 unspecified atom stereocenters. The molecule has 1 rings (SSSR count). The van der Waals surface area contributed by atoms with Crippen LogP contribution in [0.4, 0.5) is 8.78 Å². The Morgan fingerprint density at radius 1 is 1.54 bits per heavy atom. The summed E-state index contributed by atoms with van der Waals surface area (Å²) in [4.78, 5) is 1.73. The van der Waals surface area contributed by atoms with E-state index in [0.29, 0.717) is 19.0 Å². The zero-order chi connectivity index (χ0) is 9.84. The van der Waals surface area contributed by atoms with Crippen molar-refractivity contribution >= 4 is 5.84 Å². The first-order chi connectivity index (χ1) is 6.09. The molecule has 3 nitrogen and oxygen atoms in total. The minimum atomic E-state index is -2.28. The molecule has 0 amide bonds. The fourth-order valence-electron chi connectivity index (χ4n) is 1.30. The van der Waals surface area contributed by atoms with E-state index in [4.69, 9.17) is 11.1 Å². The van der Waals surface area contributed by atoms with Gasteiger partial charge in [-0.2, -0.15) is 0 Å². The molecule has 0 spiro atoms. The third-order valence-electron chi connectivity index (χ3n) is 2.10. The summed E-state index contributed by atoms with van der Waals surface area (Å²) in [5, 5.41) is 7.00. The number of hydrogen-bond donors (Lipinski definition) is 2. The molecule has 3 N–H and O–H groups in total. The quantitative estimate of drug-likeness (QED) is 0.487. The maximum Gasteiger partial charge on any atom is 0.251 e. The second-order valence-electron chi connectivity index (χ2n) is 3.39. The van der Waals surface area contributed by atoms with Gasteiger partial charge in [-0.1, -0.05) is 0 Å². The first-order valence-corrected chi connectivity index (χ1v) is 4.44. The molecule has 0 aliphatic heterocycles. The van der Waals surface area contributed by atoms with Crippen LogP contribution in [0, 0.1) is 5.41 Å². The smallest absolute Gasteiger partial charge is 0.251 e. The van der Waals surface area contributed by atoms with Crippen molar-refractivity contribution in [3.63, 3.8) is 0 Å². The Kier molecular flexibility index (Phi) is 3.59. The molecule has 0 bridgehead atoms. The molecule has 0 radical (unpaired) electrons. The number of rotatable bonds is 6. The zero-order valence-electron chi connectivity index (χ0n) is 7.47. The van der Waals surface area contributed by atoms with E-state index < -0.39 is 6.43 Å². The molecule has 1 aliphatic carbocycles. The summed E-state index contributed by atoms with van der Waals surface area (Å²) in [6.07, 6.45) is 0.117. The Balaban J connectivity index is 2.25. The summed E-state index contributed by atoms with van der Waals surface area (Å²) in [6.45, 7) is 0.308. The Labute approximate surface area is 76.4 Å². The first kappa shape index (κ1) is 10.4. The van der Waals surface area contributed by atoms with Gasteiger partial charge in [0.05, 0.1) is 12.4 Å². The van der Waals surface area contributed by atoms with Crippen molar-refractivity contribution in [3.05, 3.63) is 0 Å². The second kappa shape index (κ2) is 4.50. The van der Waals surface area contributed by atoms with Crippen LogP contribution in [0.3, 0.4) is 0 Å². The summed E-state index contributed by atoms with van der Waals surface area (Å²) < 4.78 is 24.1. The molecule has 0 atom stereocenters. The van der Waals surface area contributed by atoms with E-state index in [0.717, 1.165) is 12.8 Å². The standard InChI is InChI=1S/C8H15F2N3/c9-7(10)5-13(6-1-2-6)4-3-8(11)12/h6-7H,1-5H2,(H3,11,12). The van der Waals surface area contributed by atoms with Crippen LogP contribution in [0.5, 0.6) is 0 Å². The molecular formula is C8H15F2N3. The van der Waals surface area contributed by atoms with Crippen molar-refractivity contribution < 1.29 is 8.78 Å². The number of alkyl halides is 2. The van der Waals surface area contributed by atoms with Crippen LogP contribution in [0.1, 0.15) is 19.3 Å². The predicted octanol–water partition coefficient (Wildman–Crippen LogP) is 1.04. The van der Waals surface area contributed by atoms with Crippen LogP contribution in [0.15, 0.2) is 0 Å². The van der Waals surface area contributed by atoms with Gasteiger partial charge in [-0.3, -0.25) is 10.3 Å². The molecule has 1 fully saturated rings. The highest BCUT2D eigenvalue weighted by atomic mass is 19.3. The van der Waals surface area contributed by atoms with Gasteiger partial charge < -0.3 is 5.73 Å². The van der Waals surface area contributed by atoms with Crippen molar-refractivity contribution in [1.29, 1.82) is 5.41 Å². The number of nitrogens with zero attached hydrogens (tertiary/aromatic N) is 1. The van der Waals surface area contributed by atoms with Gasteiger partial charge in [-0.05, 0) is 12.8 Å². The largest absolute Gasteiger partial charge is 0.388 e. The van der Waals surface area contributed by atoms with Crippen LogP contribution in [-0.4, -0.2) is 36.3 Å². The van der Waals surface area contributed by atoms with Gasteiger partial charge >= 0.3 is 0 Å². The molecule has 5 heteroatoms. The summed E-state index contributed by atoms with van der Waals surface area (Å²) in [5.74, 6) is 0.0694. The van der Waals surface area contributed by atoms with Crippen LogP contribution in [0.25, 0.3) is 0 Å². The van der Waals surface area contributed by atoms with Gasteiger partial charge in [0.1, 0.15) is 0 Å². The van der Waals surface area contributed by atoms with Crippen molar-refractivity contribution in [2.75, 3.05) is 13.1 Å². The van der Waals surface area contributed by atoms with E-state index in [1.165, 1.54) is 0 Å². The lowest BCUT2D eigenvalue weighted by Gasteiger charge is -2.20. The fourth-order valence-corrected chi connectivity index (χ4v) is 1.30. The number of hydrogen-bond acceptors (Lipinski definition) is 2. The van der Waals surface area contributed by atoms with Crippen LogP contribution >= 0.6 is 0 Å². The van der Waals surface area contributed by atoms with E-state index in [2.05, 4.69) is 0 Å². The van der Waals surface area contributed by atoms with Crippen LogP contribution in [0.2, 0.25) is 0 Å². The molecule has 1 saturated carbocycles. The predicted molar refractivity (Wildman–Crippen MR) is 47.1 cm³/mol. The van der Waals surface area contributed by atoms with Gasteiger partial charge in [0, 0.05) is 19.0 Å². The molecule has 76 valence electrons. The summed E-state index contributed by atoms with van der Waals surface area (Å²) >= 11 is 0. The van der Waals surface area contributed by atoms with Crippen LogP contribution in [-0.2, 0) is 0 Å². The topological polar surface area (TPSA) is 53.1 Å². The maximum absolute atomic E-state index is 12.1. The van der Waals surface area contributed by atoms with E-state index >= 15 is 0 Å². The highest BCUT2D eigenvalue weighted by Crippen LogP contribution is 2.27. The maximum atomic E-state index is 12.1. The van der Waals surface area contributed by atoms with Gasteiger partial charge in [-0.25, -0.2) is 8.78 Å². The first-order valence-electron chi connectivity index (χ1n) is 4.44. The van der Waals surface area contributed by atoms with Crippen molar-refractivity contribution in [2.45, 2.75) is 31.7 Å². The molecule has 0 heterocycles. The highest BCUT2D eigenvalue weighted by molar-refractivity contribution is 5.76. The monoisotopic (exact) mass is 191 g/mol. The number of halogens is 2. The van der Waals surface area contributed by atoms with Crippen molar-refractivity contribution in [3.8, 4) is 0 Å². The number of nitrogens with two attached hydrogens (primary N) is 1. The summed E-state index contributed by atoms with van der Waals surface area (Å²) in [6, 6.07) is 0.313. The van der Waals surface area contributed by atoms with E-state index in [1.807, 2.05) is 0 Å². The molecule has 0 aromatic carbocycles. The molecule has 1 aliphatic rings. The van der Waals surface area contributed by atoms with E-state index in [9.17, 15) is 8.78 Å². The van der Waals surface area contributed by atoms with Gasteiger partial charge in [0.25, 0.3) is 6.43 Å². The Morgan fingerprint density at radius 3 is 2.54 bits per heavy atom. The van der Waals surface area contributed by atoms with Crippen molar-refractivity contribution in [2.24, 2.45) is 5.73 Å². The SMILES string of the molecule is N=C(N)CCN(CC(F)F)C1CC1. The molecule has 0 saturated heterocycles. The molecule has 0 aromatic heterocycles. The summed E-state index contributed by atoms with van der Waals surface area (Å²) in [7, 11) is 0. The number of amidine groups is 1. The third kappa shape index (κ3) is 4.17. The van der Waals surface area contributed by atoms with E-state index in [-0.39, 0.29) is 12.4 Å². The summed E-state index contributed by atoms with van der Waals surface area (Å²) in [5.41, 5.74) is 5.16. The Morgan fingerprint density at radius 2 is 2.15 bits per heavy atom. The minimum Gasteiger partial charge on any atom is -0.388 e. The van der Waals surface area contributed by atoms with Crippen molar-refractivity contribution in [1.82, 2.24) is 4.90 Å². The molecular weight excluding hydrogens is 176 g/mol. The number of nitrogens with one attached hydrogen (secondary N) is 1. The lowest BCUT2D eigenvalue weighted by Crippen LogP contribution is -2.33. The normalized spacial score (nSPS) is 16.9. The van der Waals surface area contributed by atoms with Gasteiger partial charge in [0.15, 0.2) is 0 Å². The Hall–Kier alpha value is -0.710. The van der Waals surface area contributed by atoms with Gasteiger partial charge in [0.2, 0.25) is 0 Å². The average Bonchev–Trinajstić information content (AvgIpc) is 2.78. The zero-order valence-corrected chi connectivity index (χ0v) is 7.47. The van der Waals surface area contributed by atoms with Gasteiger partial charge in [-0.15, -0.1) is 0 Å². The minimum absolute atomic E-state index is 0.0694. The third-order valence-corrected chi connectivity index (χ3v) is 2.10. The van der Waals surface area contributed by atoms with E-state index in [1.54, 1.807) is 4.90 Å². The lowest BCUT2D eigenvalue weighted by atomic mass is 10.3. The second-order valence-corrected chi connectivity index (χ2v) is 3.39. The fraction of sp³-hybridized carbons (Fsp3) is 0.875. The van der Waals surface area contributed by atoms with Crippen LogP contribution < -0.4 is 5.73 Å². The lowest BCUT2D eigenvalue weighted by molar-refractivity contribution is 0.0856. The average molecular weight is 191 g/mol. The Bertz CT molecular complexity index is 180.